The molecule has 0 atom stereocenters. The van der Waals surface area contributed by atoms with Crippen molar-refractivity contribution < 1.29 is 23.9 Å². The van der Waals surface area contributed by atoms with E-state index in [0.717, 1.165) is 0 Å². The quantitative estimate of drug-likeness (QED) is 0.571. The molecule has 1 rings (SSSR count). The SMILES string of the molecule is CCOC(=O)CC(=O)n1cccc1CC(=O)OCC. The molecular weight excluding hydrogens is 250 g/mol. The van der Waals surface area contributed by atoms with Crippen LogP contribution in [0, 0.1) is 0 Å². The van der Waals surface area contributed by atoms with Gasteiger partial charge in [0.1, 0.15) is 6.42 Å². The van der Waals surface area contributed by atoms with Crippen molar-refractivity contribution in [3.05, 3.63) is 24.0 Å². The standard InChI is InChI=1S/C13H17NO5/c1-3-18-12(16)8-10-6-5-7-14(10)11(15)9-13(17)19-4-2/h5-7H,3-4,8-9H2,1-2H3. The summed E-state index contributed by atoms with van der Waals surface area (Å²) in [4.78, 5) is 34.5. The average molecular weight is 267 g/mol. The van der Waals surface area contributed by atoms with Gasteiger partial charge >= 0.3 is 11.9 Å². The number of ether oxygens (including phenoxy) is 2. The van der Waals surface area contributed by atoms with Crippen LogP contribution in [0.5, 0.6) is 0 Å². The van der Waals surface area contributed by atoms with Crippen molar-refractivity contribution in [1.29, 1.82) is 0 Å². The zero-order valence-electron chi connectivity index (χ0n) is 11.0. The zero-order chi connectivity index (χ0) is 14.3. The van der Waals surface area contributed by atoms with Crippen LogP contribution in [0.2, 0.25) is 0 Å². The van der Waals surface area contributed by atoms with Crippen molar-refractivity contribution >= 4 is 17.8 Å². The summed E-state index contributed by atoms with van der Waals surface area (Å²) in [7, 11) is 0. The van der Waals surface area contributed by atoms with Gasteiger partial charge < -0.3 is 9.47 Å². The molecule has 0 saturated carbocycles. The van der Waals surface area contributed by atoms with Crippen LogP contribution in [0.3, 0.4) is 0 Å². The first-order chi connectivity index (χ1) is 9.08. The molecule has 6 heteroatoms. The van der Waals surface area contributed by atoms with Crippen molar-refractivity contribution in [1.82, 2.24) is 4.57 Å². The molecule has 0 spiro atoms. The van der Waals surface area contributed by atoms with Gasteiger partial charge in [-0.05, 0) is 26.0 Å². The fourth-order valence-electron chi connectivity index (χ4n) is 1.58. The first-order valence-corrected chi connectivity index (χ1v) is 6.09. The van der Waals surface area contributed by atoms with E-state index >= 15 is 0 Å². The van der Waals surface area contributed by atoms with Crippen molar-refractivity contribution in [2.75, 3.05) is 13.2 Å². The van der Waals surface area contributed by atoms with Crippen LogP contribution in [0.1, 0.15) is 30.8 Å². The van der Waals surface area contributed by atoms with Gasteiger partial charge in [-0.25, -0.2) is 0 Å². The third-order valence-electron chi connectivity index (χ3n) is 2.33. The molecule has 0 aromatic carbocycles. The summed E-state index contributed by atoms with van der Waals surface area (Å²) >= 11 is 0. The van der Waals surface area contributed by atoms with E-state index in [-0.39, 0.29) is 26.1 Å². The zero-order valence-corrected chi connectivity index (χ0v) is 11.0. The van der Waals surface area contributed by atoms with E-state index in [1.807, 2.05) is 0 Å². The molecule has 0 fully saturated rings. The summed E-state index contributed by atoms with van der Waals surface area (Å²) in [5, 5.41) is 0. The predicted octanol–water partition coefficient (Wildman–Crippen LogP) is 1.19. The van der Waals surface area contributed by atoms with E-state index in [0.29, 0.717) is 5.69 Å². The number of esters is 2. The fraction of sp³-hybridized carbons (Fsp3) is 0.462. The van der Waals surface area contributed by atoms with Crippen LogP contribution in [-0.2, 0) is 25.5 Å². The average Bonchev–Trinajstić information content (AvgIpc) is 2.77. The Morgan fingerprint density at radius 1 is 1.11 bits per heavy atom. The normalized spacial score (nSPS) is 10.0. The molecule has 1 aromatic rings. The Morgan fingerprint density at radius 2 is 1.74 bits per heavy atom. The van der Waals surface area contributed by atoms with Crippen LogP contribution >= 0.6 is 0 Å². The molecule has 0 bridgehead atoms. The molecule has 0 aliphatic rings. The molecule has 0 saturated heterocycles. The lowest BCUT2D eigenvalue weighted by Crippen LogP contribution is -2.20. The highest BCUT2D eigenvalue weighted by Gasteiger charge is 2.16. The van der Waals surface area contributed by atoms with Gasteiger partial charge in [-0.1, -0.05) is 0 Å². The van der Waals surface area contributed by atoms with Crippen LogP contribution < -0.4 is 0 Å². The Kier molecular flexibility index (Phi) is 5.78. The van der Waals surface area contributed by atoms with Crippen molar-refractivity contribution in [2.24, 2.45) is 0 Å². The van der Waals surface area contributed by atoms with E-state index in [9.17, 15) is 14.4 Å². The molecule has 104 valence electrons. The lowest BCUT2D eigenvalue weighted by Gasteiger charge is -2.07. The van der Waals surface area contributed by atoms with Gasteiger partial charge in [-0.2, -0.15) is 0 Å². The van der Waals surface area contributed by atoms with Gasteiger partial charge in [-0.3, -0.25) is 19.0 Å². The second-order valence-corrected chi connectivity index (χ2v) is 3.73. The van der Waals surface area contributed by atoms with E-state index in [1.54, 1.807) is 26.0 Å². The van der Waals surface area contributed by atoms with Crippen molar-refractivity contribution in [3.8, 4) is 0 Å². The number of nitrogens with zero attached hydrogens (tertiary/aromatic N) is 1. The molecule has 6 nitrogen and oxygen atoms in total. The predicted molar refractivity (Wildman–Crippen MR) is 66.6 cm³/mol. The summed E-state index contributed by atoms with van der Waals surface area (Å²) < 4.78 is 10.8. The highest BCUT2D eigenvalue weighted by molar-refractivity contribution is 5.96. The molecule has 19 heavy (non-hydrogen) atoms. The topological polar surface area (TPSA) is 74.6 Å². The first kappa shape index (κ1) is 14.9. The Hall–Kier alpha value is -2.11. The summed E-state index contributed by atoms with van der Waals surface area (Å²) in [6.45, 7) is 3.90. The monoisotopic (exact) mass is 267 g/mol. The third-order valence-corrected chi connectivity index (χ3v) is 2.33. The Labute approximate surface area is 111 Å². The second kappa shape index (κ2) is 7.35. The van der Waals surface area contributed by atoms with Crippen LogP contribution in [0.15, 0.2) is 18.3 Å². The maximum Gasteiger partial charge on any atom is 0.315 e. The summed E-state index contributed by atoms with van der Waals surface area (Å²) in [5.41, 5.74) is 0.493. The number of carbonyl (C=O) groups excluding carboxylic acids is 3. The van der Waals surface area contributed by atoms with Crippen LogP contribution in [0.4, 0.5) is 0 Å². The molecule has 0 aliphatic carbocycles. The number of hydrogen-bond acceptors (Lipinski definition) is 5. The summed E-state index contributed by atoms with van der Waals surface area (Å²) in [5.74, 6) is -1.42. The number of aromatic nitrogens is 1. The Balaban J connectivity index is 2.68. The van der Waals surface area contributed by atoms with Gasteiger partial charge in [0.2, 0.25) is 5.91 Å². The van der Waals surface area contributed by atoms with E-state index in [2.05, 4.69) is 0 Å². The van der Waals surface area contributed by atoms with Crippen LogP contribution in [-0.4, -0.2) is 35.6 Å². The molecule has 0 N–H and O–H groups in total. The third kappa shape index (κ3) is 4.57. The summed E-state index contributed by atoms with van der Waals surface area (Å²) in [6, 6.07) is 3.28. The maximum absolute atomic E-state index is 11.9. The first-order valence-electron chi connectivity index (χ1n) is 6.09. The van der Waals surface area contributed by atoms with Gasteiger partial charge in [0.15, 0.2) is 0 Å². The Bertz CT molecular complexity index is 463. The molecule has 0 unspecified atom stereocenters. The van der Waals surface area contributed by atoms with Gasteiger partial charge in [0.05, 0.1) is 19.6 Å². The lowest BCUT2D eigenvalue weighted by atomic mass is 10.3. The molecule has 1 heterocycles. The van der Waals surface area contributed by atoms with Gasteiger partial charge in [-0.15, -0.1) is 0 Å². The molecule has 0 amide bonds. The van der Waals surface area contributed by atoms with Crippen LogP contribution in [0.25, 0.3) is 0 Å². The highest BCUT2D eigenvalue weighted by atomic mass is 16.5. The molecule has 0 aliphatic heterocycles. The Morgan fingerprint density at radius 3 is 2.37 bits per heavy atom. The number of hydrogen-bond donors (Lipinski definition) is 0. The van der Waals surface area contributed by atoms with Crippen molar-refractivity contribution in [2.45, 2.75) is 26.7 Å². The molecule has 0 radical (unpaired) electrons. The van der Waals surface area contributed by atoms with E-state index in [4.69, 9.17) is 9.47 Å². The lowest BCUT2D eigenvalue weighted by molar-refractivity contribution is -0.143. The minimum atomic E-state index is -0.580. The molecule has 1 aromatic heterocycles. The molecular formula is C13H17NO5. The highest BCUT2D eigenvalue weighted by Crippen LogP contribution is 2.06. The van der Waals surface area contributed by atoms with Gasteiger partial charge in [0, 0.05) is 11.9 Å². The smallest absolute Gasteiger partial charge is 0.315 e. The largest absolute Gasteiger partial charge is 0.466 e. The number of carbonyl (C=O) groups is 3. The maximum atomic E-state index is 11.9. The second-order valence-electron chi connectivity index (χ2n) is 3.73. The fourth-order valence-corrected chi connectivity index (χ4v) is 1.58. The number of rotatable bonds is 6. The minimum Gasteiger partial charge on any atom is -0.466 e. The summed E-state index contributed by atoms with van der Waals surface area (Å²) in [6.07, 6.45) is 1.16. The minimum absolute atomic E-state index is 0.00456. The van der Waals surface area contributed by atoms with Crippen molar-refractivity contribution in [3.63, 3.8) is 0 Å². The van der Waals surface area contributed by atoms with E-state index in [1.165, 1.54) is 10.8 Å². The van der Waals surface area contributed by atoms with Gasteiger partial charge in [0.25, 0.3) is 0 Å². The van der Waals surface area contributed by atoms with E-state index < -0.39 is 17.8 Å².